The smallest absolute Gasteiger partial charge is 0.338 e. The van der Waals surface area contributed by atoms with Gasteiger partial charge in [-0.1, -0.05) is 30.3 Å². The molecular weight excluding hydrogens is 266 g/mol. The van der Waals surface area contributed by atoms with Crippen LogP contribution in [0.2, 0.25) is 0 Å². The van der Waals surface area contributed by atoms with Crippen molar-refractivity contribution < 1.29 is 14.3 Å². The van der Waals surface area contributed by atoms with E-state index in [1.165, 1.54) is 7.11 Å². The second kappa shape index (κ2) is 7.45. The third kappa shape index (κ3) is 4.07. The molecule has 0 radical (unpaired) electrons. The lowest BCUT2D eigenvalue weighted by Gasteiger charge is -2.09. The molecule has 0 bridgehead atoms. The Hall–Kier alpha value is -2.33. The Bertz CT molecular complexity index is 593. The number of nitrogens with one attached hydrogen (secondary N) is 1. The molecule has 110 valence electrons. The normalized spacial score (nSPS) is 10.2. The zero-order valence-electron chi connectivity index (χ0n) is 12.3. The third-order valence-electron chi connectivity index (χ3n) is 3.23. The maximum Gasteiger partial charge on any atom is 0.338 e. The molecular formula is C17H19NO3. The maximum absolute atomic E-state index is 11.7. The number of methoxy groups -OCH3 is 2. The molecule has 0 atom stereocenters. The summed E-state index contributed by atoms with van der Waals surface area (Å²) in [6.07, 6.45) is 0. The van der Waals surface area contributed by atoms with E-state index in [4.69, 9.17) is 9.47 Å². The molecule has 21 heavy (non-hydrogen) atoms. The highest BCUT2D eigenvalue weighted by Gasteiger charge is 2.10. The van der Waals surface area contributed by atoms with Crippen LogP contribution in [0.25, 0.3) is 0 Å². The van der Waals surface area contributed by atoms with E-state index in [0.717, 1.165) is 23.4 Å². The van der Waals surface area contributed by atoms with Crippen LogP contribution >= 0.6 is 0 Å². The van der Waals surface area contributed by atoms with Gasteiger partial charge in [0.15, 0.2) is 0 Å². The first kappa shape index (κ1) is 15.1. The molecule has 2 rings (SSSR count). The van der Waals surface area contributed by atoms with Gasteiger partial charge in [0.1, 0.15) is 5.75 Å². The van der Waals surface area contributed by atoms with E-state index < -0.39 is 0 Å². The second-order valence-corrected chi connectivity index (χ2v) is 4.60. The largest absolute Gasteiger partial charge is 0.497 e. The predicted molar refractivity (Wildman–Crippen MR) is 81.3 cm³/mol. The standard InChI is InChI=1S/C17H19NO3/c1-20-15-9-7-13(8-10-15)11-18-12-14-5-3-4-6-16(14)17(19)21-2/h3-10,18H,11-12H2,1-2H3. The van der Waals surface area contributed by atoms with Gasteiger partial charge in [0.25, 0.3) is 0 Å². The fourth-order valence-corrected chi connectivity index (χ4v) is 2.07. The van der Waals surface area contributed by atoms with E-state index in [1.807, 2.05) is 42.5 Å². The van der Waals surface area contributed by atoms with E-state index in [9.17, 15) is 4.79 Å². The van der Waals surface area contributed by atoms with Crippen molar-refractivity contribution in [2.75, 3.05) is 14.2 Å². The summed E-state index contributed by atoms with van der Waals surface area (Å²) in [5, 5.41) is 3.33. The minimum absolute atomic E-state index is 0.308. The number of hydrogen-bond acceptors (Lipinski definition) is 4. The van der Waals surface area contributed by atoms with Gasteiger partial charge in [-0.15, -0.1) is 0 Å². The molecule has 0 aliphatic heterocycles. The predicted octanol–water partition coefficient (Wildman–Crippen LogP) is 2.77. The summed E-state index contributed by atoms with van der Waals surface area (Å²) in [7, 11) is 3.04. The average Bonchev–Trinajstić information content (AvgIpc) is 2.55. The second-order valence-electron chi connectivity index (χ2n) is 4.60. The van der Waals surface area contributed by atoms with Crippen molar-refractivity contribution in [3.63, 3.8) is 0 Å². The summed E-state index contributed by atoms with van der Waals surface area (Å²) >= 11 is 0. The number of benzene rings is 2. The van der Waals surface area contributed by atoms with Crippen LogP contribution in [0.3, 0.4) is 0 Å². The molecule has 0 aliphatic rings. The molecule has 1 N–H and O–H groups in total. The Kier molecular flexibility index (Phi) is 5.35. The Labute approximate surface area is 124 Å². The number of carbonyl (C=O) groups is 1. The highest BCUT2D eigenvalue weighted by molar-refractivity contribution is 5.90. The van der Waals surface area contributed by atoms with Crippen LogP contribution in [0.5, 0.6) is 5.75 Å². The van der Waals surface area contributed by atoms with E-state index >= 15 is 0 Å². The number of esters is 1. The van der Waals surface area contributed by atoms with Gasteiger partial charge < -0.3 is 14.8 Å². The molecule has 0 spiro atoms. The first-order valence-corrected chi connectivity index (χ1v) is 6.74. The Balaban J connectivity index is 1.95. The molecule has 0 unspecified atom stereocenters. The van der Waals surface area contributed by atoms with Crippen LogP contribution in [-0.2, 0) is 17.8 Å². The number of ether oxygens (including phenoxy) is 2. The van der Waals surface area contributed by atoms with Crippen LogP contribution in [0.1, 0.15) is 21.5 Å². The zero-order valence-corrected chi connectivity index (χ0v) is 12.3. The lowest BCUT2D eigenvalue weighted by molar-refractivity contribution is 0.0599. The minimum Gasteiger partial charge on any atom is -0.497 e. The highest BCUT2D eigenvalue weighted by atomic mass is 16.5. The van der Waals surface area contributed by atoms with E-state index in [1.54, 1.807) is 13.2 Å². The van der Waals surface area contributed by atoms with Gasteiger partial charge >= 0.3 is 5.97 Å². The van der Waals surface area contributed by atoms with Crippen LogP contribution in [0.15, 0.2) is 48.5 Å². The fraction of sp³-hybridized carbons (Fsp3) is 0.235. The number of hydrogen-bond donors (Lipinski definition) is 1. The van der Waals surface area contributed by atoms with Gasteiger partial charge in [-0.3, -0.25) is 0 Å². The molecule has 4 nitrogen and oxygen atoms in total. The average molecular weight is 285 g/mol. The molecule has 0 heterocycles. The summed E-state index contributed by atoms with van der Waals surface area (Å²) in [4.78, 5) is 11.7. The van der Waals surface area contributed by atoms with Gasteiger partial charge in [0.2, 0.25) is 0 Å². The monoisotopic (exact) mass is 285 g/mol. The topological polar surface area (TPSA) is 47.6 Å². The molecule has 0 aliphatic carbocycles. The summed E-state index contributed by atoms with van der Waals surface area (Å²) in [5.74, 6) is 0.534. The van der Waals surface area contributed by atoms with Gasteiger partial charge in [0, 0.05) is 13.1 Å². The SMILES string of the molecule is COC(=O)c1ccccc1CNCc1ccc(OC)cc1. The fourth-order valence-electron chi connectivity index (χ4n) is 2.07. The van der Waals surface area contributed by atoms with Crippen molar-refractivity contribution in [1.82, 2.24) is 5.32 Å². The van der Waals surface area contributed by atoms with Crippen LogP contribution in [0.4, 0.5) is 0 Å². The molecule has 2 aromatic rings. The first-order chi connectivity index (χ1) is 10.2. The quantitative estimate of drug-likeness (QED) is 0.829. The van der Waals surface area contributed by atoms with Crippen molar-refractivity contribution >= 4 is 5.97 Å². The van der Waals surface area contributed by atoms with Gasteiger partial charge in [-0.25, -0.2) is 4.79 Å². The third-order valence-corrected chi connectivity index (χ3v) is 3.23. The van der Waals surface area contributed by atoms with Crippen molar-refractivity contribution in [3.8, 4) is 5.75 Å². The van der Waals surface area contributed by atoms with E-state index in [2.05, 4.69) is 5.32 Å². The van der Waals surface area contributed by atoms with E-state index in [-0.39, 0.29) is 5.97 Å². The Morgan fingerprint density at radius 2 is 1.71 bits per heavy atom. The molecule has 0 fully saturated rings. The van der Waals surface area contributed by atoms with Crippen LogP contribution in [0, 0.1) is 0 Å². The maximum atomic E-state index is 11.7. The zero-order chi connectivity index (χ0) is 15.1. The van der Waals surface area contributed by atoms with Crippen molar-refractivity contribution in [2.45, 2.75) is 13.1 Å². The van der Waals surface area contributed by atoms with Crippen molar-refractivity contribution in [1.29, 1.82) is 0 Å². The van der Waals surface area contributed by atoms with Gasteiger partial charge in [0.05, 0.1) is 19.8 Å². The van der Waals surface area contributed by atoms with Crippen LogP contribution in [-0.4, -0.2) is 20.2 Å². The summed E-state index contributed by atoms with van der Waals surface area (Å²) in [6.45, 7) is 1.33. The highest BCUT2D eigenvalue weighted by Crippen LogP contribution is 2.12. The van der Waals surface area contributed by atoms with Crippen molar-refractivity contribution in [3.05, 3.63) is 65.2 Å². The minimum atomic E-state index is -0.308. The van der Waals surface area contributed by atoms with E-state index in [0.29, 0.717) is 12.1 Å². The first-order valence-electron chi connectivity index (χ1n) is 6.74. The molecule has 4 heteroatoms. The summed E-state index contributed by atoms with van der Waals surface area (Å²) < 4.78 is 9.91. The molecule has 0 amide bonds. The van der Waals surface area contributed by atoms with Gasteiger partial charge in [-0.2, -0.15) is 0 Å². The molecule has 0 aromatic heterocycles. The lowest BCUT2D eigenvalue weighted by atomic mass is 10.1. The summed E-state index contributed by atoms with van der Waals surface area (Å²) in [5.41, 5.74) is 2.69. The Morgan fingerprint density at radius 1 is 1.00 bits per heavy atom. The van der Waals surface area contributed by atoms with Crippen molar-refractivity contribution in [2.24, 2.45) is 0 Å². The van der Waals surface area contributed by atoms with Gasteiger partial charge in [-0.05, 0) is 29.3 Å². The summed E-state index contributed by atoms with van der Waals surface area (Å²) in [6, 6.07) is 15.3. The number of carbonyl (C=O) groups excluding carboxylic acids is 1. The van der Waals surface area contributed by atoms with Crippen LogP contribution < -0.4 is 10.1 Å². The molecule has 2 aromatic carbocycles. The molecule has 0 saturated carbocycles. The lowest BCUT2D eigenvalue weighted by Crippen LogP contribution is -2.16. The Morgan fingerprint density at radius 3 is 2.38 bits per heavy atom. The molecule has 0 saturated heterocycles. The number of rotatable bonds is 6.